The zero-order chi connectivity index (χ0) is 28.3. The van der Waals surface area contributed by atoms with E-state index < -0.39 is 29.4 Å². The van der Waals surface area contributed by atoms with E-state index in [4.69, 9.17) is 4.74 Å². The molecule has 2 heterocycles. The van der Waals surface area contributed by atoms with Crippen LogP contribution in [0, 0.1) is 5.92 Å². The smallest absolute Gasteiger partial charge is 0.329 e. The van der Waals surface area contributed by atoms with Gasteiger partial charge < -0.3 is 15.0 Å². The standard InChI is InChI=1S/C32H48N2O5/c1-32(2,3)39-31(38)27-19-14-9-7-5-4-6-8-13-18-26(35)22-25(30(37)33-27)23-29(36)34-21-15-20-28(34)24-16-11-10-12-17-24/h10-12,16-17,25,27-28H,4-9,13-15,18-23H2,1-3H3,(H,33,37)/t25-,27-,28+/m0/s1. The number of rotatable bonds is 4. The number of ketones is 1. The summed E-state index contributed by atoms with van der Waals surface area (Å²) in [5, 5.41) is 2.89. The molecule has 2 aliphatic rings. The second-order valence-corrected chi connectivity index (χ2v) is 12.3. The van der Waals surface area contributed by atoms with E-state index in [-0.39, 0.29) is 30.6 Å². The Bertz CT molecular complexity index is 955. The maximum Gasteiger partial charge on any atom is 0.329 e. The lowest BCUT2D eigenvalue weighted by molar-refractivity contribution is -0.159. The first-order valence-corrected chi connectivity index (χ1v) is 15.0. The van der Waals surface area contributed by atoms with Gasteiger partial charge in [0, 0.05) is 25.8 Å². The molecule has 2 fully saturated rings. The molecule has 0 saturated carbocycles. The maximum atomic E-state index is 13.6. The third-order valence-electron chi connectivity index (χ3n) is 7.73. The maximum absolute atomic E-state index is 13.6. The van der Waals surface area contributed by atoms with Crippen molar-refractivity contribution in [3.63, 3.8) is 0 Å². The molecule has 0 radical (unpaired) electrons. The van der Waals surface area contributed by atoms with Gasteiger partial charge in [-0.2, -0.15) is 0 Å². The highest BCUT2D eigenvalue weighted by Crippen LogP contribution is 2.33. The molecule has 7 nitrogen and oxygen atoms in total. The highest BCUT2D eigenvalue weighted by Gasteiger charge is 2.35. The third kappa shape index (κ3) is 10.4. The second kappa shape index (κ2) is 15.2. The lowest BCUT2D eigenvalue weighted by Crippen LogP contribution is -2.47. The number of hydrogen-bond acceptors (Lipinski definition) is 5. The summed E-state index contributed by atoms with van der Waals surface area (Å²) in [6, 6.07) is 9.16. The van der Waals surface area contributed by atoms with Crippen molar-refractivity contribution in [3.8, 4) is 0 Å². The minimum Gasteiger partial charge on any atom is -0.458 e. The zero-order valence-corrected chi connectivity index (χ0v) is 24.2. The van der Waals surface area contributed by atoms with E-state index in [2.05, 4.69) is 5.32 Å². The van der Waals surface area contributed by atoms with Crippen LogP contribution < -0.4 is 5.32 Å². The van der Waals surface area contributed by atoms with Crippen molar-refractivity contribution in [2.45, 2.75) is 128 Å². The molecule has 1 aromatic rings. The van der Waals surface area contributed by atoms with E-state index in [0.717, 1.165) is 69.8 Å². The molecule has 2 saturated heterocycles. The first kappa shape index (κ1) is 30.8. The Labute approximate surface area is 234 Å². The van der Waals surface area contributed by atoms with Gasteiger partial charge in [-0.1, -0.05) is 75.3 Å². The highest BCUT2D eigenvalue weighted by molar-refractivity contribution is 5.92. The Kier molecular flexibility index (Phi) is 12.0. The Hall–Kier alpha value is -2.70. The number of ether oxygens (including phenoxy) is 1. The van der Waals surface area contributed by atoms with Crippen LogP contribution in [0.25, 0.3) is 0 Å². The predicted octanol–water partition coefficient (Wildman–Crippen LogP) is 6.06. The fourth-order valence-electron chi connectivity index (χ4n) is 5.69. The molecule has 0 bridgehead atoms. The van der Waals surface area contributed by atoms with Gasteiger partial charge in [0.05, 0.1) is 12.0 Å². The quantitative estimate of drug-likeness (QED) is 0.469. The molecular formula is C32H48N2O5. The second-order valence-electron chi connectivity index (χ2n) is 12.3. The zero-order valence-electron chi connectivity index (χ0n) is 24.2. The Morgan fingerprint density at radius 1 is 0.897 bits per heavy atom. The first-order valence-electron chi connectivity index (χ1n) is 15.0. The van der Waals surface area contributed by atoms with Gasteiger partial charge >= 0.3 is 5.97 Å². The van der Waals surface area contributed by atoms with Crippen molar-refractivity contribution in [1.29, 1.82) is 0 Å². The van der Waals surface area contributed by atoms with E-state index in [0.29, 0.717) is 19.4 Å². The summed E-state index contributed by atoms with van der Waals surface area (Å²) in [7, 11) is 0. The molecule has 7 heteroatoms. The normalized spacial score (nSPS) is 24.7. The van der Waals surface area contributed by atoms with Crippen LogP contribution >= 0.6 is 0 Å². The van der Waals surface area contributed by atoms with Gasteiger partial charge in [0.1, 0.15) is 17.4 Å². The number of likely N-dealkylation sites (tertiary alicyclic amines) is 1. The van der Waals surface area contributed by atoms with Crippen molar-refractivity contribution < 1.29 is 23.9 Å². The molecule has 1 aromatic carbocycles. The van der Waals surface area contributed by atoms with Crippen molar-refractivity contribution in [2.24, 2.45) is 5.92 Å². The molecule has 0 aromatic heterocycles. The van der Waals surface area contributed by atoms with E-state index >= 15 is 0 Å². The fourth-order valence-corrected chi connectivity index (χ4v) is 5.69. The van der Waals surface area contributed by atoms with Crippen LogP contribution in [0.15, 0.2) is 30.3 Å². The van der Waals surface area contributed by atoms with Crippen molar-refractivity contribution >= 4 is 23.6 Å². The highest BCUT2D eigenvalue weighted by atomic mass is 16.6. The van der Waals surface area contributed by atoms with Gasteiger partial charge in [-0.15, -0.1) is 0 Å². The Balaban J connectivity index is 1.77. The lowest BCUT2D eigenvalue weighted by atomic mass is 9.93. The number of carbonyl (C=O) groups excluding carboxylic acids is 4. The minimum atomic E-state index is -0.806. The van der Waals surface area contributed by atoms with E-state index in [1.807, 2.05) is 56.0 Å². The monoisotopic (exact) mass is 540 g/mol. The topological polar surface area (TPSA) is 92.8 Å². The molecule has 216 valence electrons. The summed E-state index contributed by atoms with van der Waals surface area (Å²) < 4.78 is 5.62. The number of carbonyl (C=O) groups is 4. The van der Waals surface area contributed by atoms with E-state index in [9.17, 15) is 19.2 Å². The summed E-state index contributed by atoms with van der Waals surface area (Å²) in [5.41, 5.74) is 0.414. The van der Waals surface area contributed by atoms with Crippen molar-refractivity contribution in [2.75, 3.05) is 6.54 Å². The van der Waals surface area contributed by atoms with Crippen LogP contribution in [0.1, 0.15) is 122 Å². The van der Waals surface area contributed by atoms with Gasteiger partial charge in [0.15, 0.2) is 0 Å². The van der Waals surface area contributed by atoms with Crippen LogP contribution in [-0.4, -0.2) is 46.7 Å². The summed E-state index contributed by atoms with van der Waals surface area (Å²) in [6.45, 7) is 6.06. The minimum absolute atomic E-state index is 0.00453. The number of amides is 2. The number of nitrogens with zero attached hydrogens (tertiary/aromatic N) is 1. The molecule has 39 heavy (non-hydrogen) atoms. The van der Waals surface area contributed by atoms with Gasteiger partial charge in [-0.05, 0) is 52.0 Å². The summed E-state index contributed by atoms with van der Waals surface area (Å²) in [5.74, 6) is -1.78. The predicted molar refractivity (Wildman–Crippen MR) is 152 cm³/mol. The number of benzene rings is 1. The summed E-state index contributed by atoms with van der Waals surface area (Å²) >= 11 is 0. The number of nitrogens with one attached hydrogen (secondary N) is 1. The van der Waals surface area contributed by atoms with Gasteiger partial charge in [0.2, 0.25) is 11.8 Å². The molecule has 3 rings (SSSR count). The largest absolute Gasteiger partial charge is 0.458 e. The number of hydrogen-bond donors (Lipinski definition) is 1. The molecule has 2 aliphatic heterocycles. The molecule has 0 spiro atoms. The van der Waals surface area contributed by atoms with E-state index in [1.54, 1.807) is 0 Å². The summed E-state index contributed by atoms with van der Waals surface area (Å²) in [4.78, 5) is 55.0. The van der Waals surface area contributed by atoms with Crippen LogP contribution in [0.4, 0.5) is 0 Å². The van der Waals surface area contributed by atoms with E-state index in [1.165, 1.54) is 0 Å². The van der Waals surface area contributed by atoms with Crippen LogP contribution in [0.3, 0.4) is 0 Å². The summed E-state index contributed by atoms with van der Waals surface area (Å²) in [6.07, 6.45) is 10.8. The van der Waals surface area contributed by atoms with Crippen molar-refractivity contribution in [3.05, 3.63) is 35.9 Å². The average Bonchev–Trinajstić information content (AvgIpc) is 3.38. The SMILES string of the molecule is CC(C)(C)OC(=O)[C@@H]1CCCCCCCCCCC(=O)C[C@@H](CC(=O)N2CCC[C@@H]2c2ccccc2)C(=O)N1. The molecule has 1 N–H and O–H groups in total. The molecule has 2 amide bonds. The van der Waals surface area contributed by atoms with Gasteiger partial charge in [-0.25, -0.2) is 4.79 Å². The van der Waals surface area contributed by atoms with Crippen LogP contribution in [0.2, 0.25) is 0 Å². The molecular weight excluding hydrogens is 492 g/mol. The number of esters is 1. The van der Waals surface area contributed by atoms with Gasteiger partial charge in [0.25, 0.3) is 0 Å². The Morgan fingerprint density at radius 3 is 2.21 bits per heavy atom. The average molecular weight is 541 g/mol. The van der Waals surface area contributed by atoms with Crippen LogP contribution in [0.5, 0.6) is 0 Å². The molecule has 3 atom stereocenters. The number of Topliss-reactive ketones (excluding diaryl/α,β-unsaturated/α-hetero) is 1. The first-order chi connectivity index (χ1) is 18.6. The molecule has 0 aliphatic carbocycles. The Morgan fingerprint density at radius 2 is 1.54 bits per heavy atom. The van der Waals surface area contributed by atoms with Crippen molar-refractivity contribution in [1.82, 2.24) is 10.2 Å². The fraction of sp³-hybridized carbons (Fsp3) is 0.688. The van der Waals surface area contributed by atoms with Gasteiger partial charge in [-0.3, -0.25) is 14.4 Å². The lowest BCUT2D eigenvalue weighted by Gasteiger charge is -2.28. The van der Waals surface area contributed by atoms with Crippen LogP contribution in [-0.2, 0) is 23.9 Å². The third-order valence-corrected chi connectivity index (χ3v) is 7.73. The molecule has 0 unspecified atom stereocenters.